The van der Waals surface area contributed by atoms with Crippen LogP contribution in [0.2, 0.25) is 0 Å². The van der Waals surface area contributed by atoms with Gasteiger partial charge in [-0.05, 0) is 12.8 Å². The third-order valence-corrected chi connectivity index (χ3v) is 2.87. The molecule has 0 heterocycles. The van der Waals surface area contributed by atoms with Crippen molar-refractivity contribution in [2.45, 2.75) is 70.4 Å². The molecule has 19 heavy (non-hydrogen) atoms. The first-order chi connectivity index (χ1) is 8.92. The Morgan fingerprint density at radius 3 is 1.58 bits per heavy atom. The minimum atomic E-state index is -4.01. The van der Waals surface area contributed by atoms with Gasteiger partial charge in [0.2, 0.25) is 0 Å². The van der Waals surface area contributed by atoms with Crippen molar-refractivity contribution in [2.24, 2.45) is 0 Å². The van der Waals surface area contributed by atoms with E-state index < -0.39 is 19.9 Å². The highest BCUT2D eigenvalue weighted by Crippen LogP contribution is 2.23. The van der Waals surface area contributed by atoms with Crippen LogP contribution >= 0.6 is 0 Å². The molecule has 0 spiro atoms. The first kappa shape index (κ1) is 18.7. The van der Waals surface area contributed by atoms with Crippen molar-refractivity contribution >= 4 is 7.32 Å². The van der Waals surface area contributed by atoms with E-state index in [1.165, 1.54) is 0 Å². The molecule has 0 aromatic rings. The summed E-state index contributed by atoms with van der Waals surface area (Å²) in [6.45, 7) is 0.342. The van der Waals surface area contributed by atoms with Crippen LogP contribution in [-0.2, 0) is 4.65 Å². The van der Waals surface area contributed by atoms with Gasteiger partial charge in [-0.1, -0.05) is 44.9 Å². The maximum absolute atomic E-state index is 11.8. The molecule has 0 fully saturated rings. The van der Waals surface area contributed by atoms with Crippen molar-refractivity contribution in [1.29, 1.82) is 0 Å². The lowest BCUT2D eigenvalue weighted by atomic mass is 10.1. The van der Waals surface area contributed by atoms with Gasteiger partial charge in [0.15, 0.2) is 0 Å². The molecular weight excluding hydrogens is 260 g/mol. The Morgan fingerprint density at radius 2 is 1.16 bits per heavy atom. The molecule has 2 N–H and O–H groups in total. The zero-order valence-corrected chi connectivity index (χ0v) is 11.3. The van der Waals surface area contributed by atoms with Crippen LogP contribution in [-0.4, -0.2) is 30.2 Å². The molecular formula is C12H24BF3O3. The third kappa shape index (κ3) is 17.7. The van der Waals surface area contributed by atoms with E-state index in [1.807, 2.05) is 0 Å². The predicted molar refractivity (Wildman–Crippen MR) is 68.4 cm³/mol. The normalized spacial score (nSPS) is 11.8. The fourth-order valence-electron chi connectivity index (χ4n) is 1.85. The van der Waals surface area contributed by atoms with Crippen LogP contribution in [0.25, 0.3) is 0 Å². The first-order valence-corrected chi connectivity index (χ1v) is 6.96. The maximum Gasteiger partial charge on any atom is 0.633 e. The number of hydrogen-bond donors (Lipinski definition) is 2. The average molecular weight is 284 g/mol. The summed E-state index contributed by atoms with van der Waals surface area (Å²) >= 11 is 0. The van der Waals surface area contributed by atoms with E-state index in [0.29, 0.717) is 13.0 Å². The number of hydrogen-bond acceptors (Lipinski definition) is 3. The SMILES string of the molecule is OB(O)OCCCCCCCCCCCC(F)(F)F. The Kier molecular flexibility index (Phi) is 11.4. The van der Waals surface area contributed by atoms with Crippen LogP contribution in [0.15, 0.2) is 0 Å². The lowest BCUT2D eigenvalue weighted by molar-refractivity contribution is -0.135. The molecule has 0 aromatic carbocycles. The van der Waals surface area contributed by atoms with Gasteiger partial charge in [-0.25, -0.2) is 0 Å². The van der Waals surface area contributed by atoms with Crippen molar-refractivity contribution in [1.82, 2.24) is 0 Å². The molecule has 0 bridgehead atoms. The van der Waals surface area contributed by atoms with Gasteiger partial charge in [0, 0.05) is 13.0 Å². The number of alkyl halides is 3. The summed E-state index contributed by atoms with van der Waals surface area (Å²) in [5, 5.41) is 16.8. The van der Waals surface area contributed by atoms with Crippen molar-refractivity contribution in [3.63, 3.8) is 0 Å². The van der Waals surface area contributed by atoms with Crippen molar-refractivity contribution in [3.8, 4) is 0 Å². The van der Waals surface area contributed by atoms with E-state index in [2.05, 4.69) is 4.65 Å². The van der Waals surface area contributed by atoms with E-state index in [9.17, 15) is 13.2 Å². The molecule has 0 aromatic heterocycles. The van der Waals surface area contributed by atoms with E-state index in [4.69, 9.17) is 10.0 Å². The van der Waals surface area contributed by atoms with Gasteiger partial charge < -0.3 is 14.7 Å². The molecule has 0 aliphatic rings. The Balaban J connectivity index is 3.03. The van der Waals surface area contributed by atoms with Gasteiger partial charge in [-0.3, -0.25) is 0 Å². The van der Waals surface area contributed by atoms with Crippen LogP contribution in [0.4, 0.5) is 13.2 Å². The number of halogens is 3. The molecule has 0 saturated heterocycles. The van der Waals surface area contributed by atoms with Gasteiger partial charge in [0.25, 0.3) is 0 Å². The van der Waals surface area contributed by atoms with E-state index in [0.717, 1.165) is 44.9 Å². The van der Waals surface area contributed by atoms with Crippen molar-refractivity contribution < 1.29 is 27.9 Å². The second kappa shape index (κ2) is 11.6. The lowest BCUT2D eigenvalue weighted by Crippen LogP contribution is -2.17. The molecule has 0 radical (unpaired) electrons. The van der Waals surface area contributed by atoms with Crippen LogP contribution in [0, 0.1) is 0 Å². The van der Waals surface area contributed by atoms with Gasteiger partial charge in [0.05, 0.1) is 0 Å². The van der Waals surface area contributed by atoms with Gasteiger partial charge in [-0.2, -0.15) is 13.2 Å². The Labute approximate surface area is 113 Å². The smallest absolute Gasteiger partial charge is 0.402 e. The summed E-state index contributed by atoms with van der Waals surface area (Å²) in [7, 11) is -1.68. The minimum absolute atomic E-state index is 0.240. The fraction of sp³-hybridized carbons (Fsp3) is 1.00. The number of rotatable bonds is 12. The molecule has 0 aliphatic carbocycles. The molecule has 0 atom stereocenters. The first-order valence-electron chi connectivity index (χ1n) is 6.96. The maximum atomic E-state index is 11.8. The van der Waals surface area contributed by atoms with Crippen molar-refractivity contribution in [3.05, 3.63) is 0 Å². The number of unbranched alkanes of at least 4 members (excludes halogenated alkanes) is 8. The highest BCUT2D eigenvalue weighted by Gasteiger charge is 2.25. The highest BCUT2D eigenvalue weighted by atomic mass is 19.4. The minimum Gasteiger partial charge on any atom is -0.402 e. The largest absolute Gasteiger partial charge is 0.633 e. The molecule has 0 rings (SSSR count). The standard InChI is InChI=1S/C12H24BF3O3/c14-12(15,16)10-8-6-4-2-1-3-5-7-9-11-19-13(17)18/h17-18H,1-11H2. The summed E-state index contributed by atoms with van der Waals surface area (Å²) in [6.07, 6.45) is 3.02. The zero-order chi connectivity index (χ0) is 14.6. The molecule has 7 heteroatoms. The quantitative estimate of drug-likeness (QED) is 0.426. The zero-order valence-electron chi connectivity index (χ0n) is 11.3. The second-order valence-electron chi connectivity index (χ2n) is 4.74. The van der Waals surface area contributed by atoms with Crippen LogP contribution < -0.4 is 0 Å². The average Bonchev–Trinajstić information content (AvgIpc) is 2.28. The highest BCUT2D eigenvalue weighted by molar-refractivity contribution is 6.32. The Hall–Kier alpha value is -0.265. The van der Waals surface area contributed by atoms with Gasteiger partial charge in [0.1, 0.15) is 0 Å². The molecule has 0 amide bonds. The fourth-order valence-corrected chi connectivity index (χ4v) is 1.85. The van der Waals surface area contributed by atoms with Crippen molar-refractivity contribution in [2.75, 3.05) is 6.61 Å². The topological polar surface area (TPSA) is 49.7 Å². The summed E-state index contributed by atoms with van der Waals surface area (Å²) in [6, 6.07) is 0. The summed E-state index contributed by atoms with van der Waals surface area (Å²) in [5.74, 6) is 0. The molecule has 0 unspecified atom stereocenters. The van der Waals surface area contributed by atoms with Crippen LogP contribution in [0.3, 0.4) is 0 Å². The van der Waals surface area contributed by atoms with E-state index in [-0.39, 0.29) is 6.42 Å². The molecule has 3 nitrogen and oxygen atoms in total. The van der Waals surface area contributed by atoms with E-state index in [1.54, 1.807) is 0 Å². The molecule has 0 saturated carbocycles. The van der Waals surface area contributed by atoms with Gasteiger partial charge in [-0.15, -0.1) is 0 Å². The van der Waals surface area contributed by atoms with E-state index >= 15 is 0 Å². The lowest BCUT2D eigenvalue weighted by Gasteiger charge is -2.05. The van der Waals surface area contributed by atoms with Crippen LogP contribution in [0.1, 0.15) is 64.2 Å². The Morgan fingerprint density at radius 1 is 0.737 bits per heavy atom. The monoisotopic (exact) mass is 284 g/mol. The Bertz CT molecular complexity index is 201. The van der Waals surface area contributed by atoms with Gasteiger partial charge >= 0.3 is 13.5 Å². The van der Waals surface area contributed by atoms with Crippen LogP contribution in [0.5, 0.6) is 0 Å². The summed E-state index contributed by atoms with van der Waals surface area (Å²) in [4.78, 5) is 0. The third-order valence-electron chi connectivity index (χ3n) is 2.87. The molecule has 0 aliphatic heterocycles. The molecule has 114 valence electrons. The second-order valence-corrected chi connectivity index (χ2v) is 4.74. The summed E-state index contributed by atoms with van der Waals surface area (Å²) < 4.78 is 40.1. The summed E-state index contributed by atoms with van der Waals surface area (Å²) in [5.41, 5.74) is 0. The predicted octanol–water partition coefficient (Wildman–Crippen LogP) is 3.44.